The predicted octanol–water partition coefficient (Wildman–Crippen LogP) is 2.08. The van der Waals surface area contributed by atoms with E-state index >= 15 is 0 Å². The Kier molecular flexibility index (Phi) is 7.19. The van der Waals surface area contributed by atoms with Crippen LogP contribution in [0.4, 0.5) is 0 Å². The third-order valence-electron chi connectivity index (χ3n) is 5.34. The Hall–Kier alpha value is -2.48. The Bertz CT molecular complexity index is 775. The maximum absolute atomic E-state index is 12.5. The lowest BCUT2D eigenvalue weighted by Gasteiger charge is -2.36. The van der Waals surface area contributed by atoms with Gasteiger partial charge in [-0.2, -0.15) is 0 Å². The fourth-order valence-corrected chi connectivity index (χ4v) is 3.99. The molecule has 7 nitrogen and oxygen atoms in total. The second-order valence-electron chi connectivity index (χ2n) is 7.58. The molecule has 3 rings (SSSR count). The van der Waals surface area contributed by atoms with Gasteiger partial charge in [0.1, 0.15) is 12.1 Å². The number of carbonyl (C=O) groups is 3. The average Bonchev–Trinajstić information content (AvgIpc) is 2.70. The molecule has 0 radical (unpaired) electrons. The van der Waals surface area contributed by atoms with Gasteiger partial charge in [-0.3, -0.25) is 19.7 Å². The molecule has 156 valence electrons. The van der Waals surface area contributed by atoms with Gasteiger partial charge >= 0.3 is 5.97 Å². The van der Waals surface area contributed by atoms with Crippen LogP contribution in [0.25, 0.3) is 0 Å². The number of esters is 1. The van der Waals surface area contributed by atoms with Crippen molar-refractivity contribution in [2.45, 2.75) is 57.6 Å². The second kappa shape index (κ2) is 9.82. The number of aryl methyl sites for hydroxylation is 1. The van der Waals surface area contributed by atoms with Crippen molar-refractivity contribution in [2.75, 3.05) is 13.1 Å². The number of piperazine rings is 1. The predicted molar refractivity (Wildman–Crippen MR) is 112 cm³/mol. The summed E-state index contributed by atoms with van der Waals surface area (Å²) in [4.78, 5) is 38.9. The molecule has 2 amide bonds. The molecule has 0 aromatic heterocycles. The Labute approximate surface area is 176 Å². The van der Waals surface area contributed by atoms with Crippen molar-refractivity contribution >= 4 is 35.1 Å². The van der Waals surface area contributed by atoms with Crippen molar-refractivity contribution in [3.63, 3.8) is 0 Å². The summed E-state index contributed by atoms with van der Waals surface area (Å²) in [5.74, 6) is -1.04. The van der Waals surface area contributed by atoms with Crippen molar-refractivity contribution in [1.29, 1.82) is 0 Å². The fraction of sp³-hybridized carbons (Fsp3) is 0.524. The van der Waals surface area contributed by atoms with Crippen molar-refractivity contribution < 1.29 is 19.1 Å². The smallest absolute Gasteiger partial charge is 0.308 e. The summed E-state index contributed by atoms with van der Waals surface area (Å²) in [5.41, 5.74) is 1.53. The number of benzene rings is 1. The zero-order chi connectivity index (χ0) is 20.8. The van der Waals surface area contributed by atoms with Gasteiger partial charge in [-0.05, 0) is 57.0 Å². The normalized spacial score (nSPS) is 20.0. The molecule has 2 fully saturated rings. The topological polar surface area (TPSA) is 87.7 Å². The summed E-state index contributed by atoms with van der Waals surface area (Å²) >= 11 is 5.38. The zero-order valence-corrected chi connectivity index (χ0v) is 17.4. The number of nitrogens with one attached hydrogen (secondary N) is 2. The number of carbonyl (C=O) groups excluding carboxylic acids is 3. The van der Waals surface area contributed by atoms with Crippen LogP contribution in [0.3, 0.4) is 0 Å². The lowest BCUT2D eigenvalue weighted by molar-refractivity contribution is -0.153. The monoisotopic (exact) mass is 417 g/mol. The van der Waals surface area contributed by atoms with Gasteiger partial charge in [0, 0.05) is 18.7 Å². The van der Waals surface area contributed by atoms with Gasteiger partial charge in [0.15, 0.2) is 5.11 Å². The number of hydrogen-bond acceptors (Lipinski definition) is 5. The number of rotatable bonds is 4. The molecule has 2 aliphatic rings. The van der Waals surface area contributed by atoms with E-state index in [1.165, 1.54) is 6.42 Å². The van der Waals surface area contributed by atoms with Gasteiger partial charge in [-0.25, -0.2) is 0 Å². The molecule has 1 saturated heterocycles. The van der Waals surface area contributed by atoms with Crippen molar-refractivity contribution in [3.05, 3.63) is 35.4 Å². The van der Waals surface area contributed by atoms with E-state index in [2.05, 4.69) is 10.6 Å². The van der Waals surface area contributed by atoms with E-state index in [1.54, 1.807) is 17.0 Å². The minimum atomic E-state index is -0.786. The van der Waals surface area contributed by atoms with Crippen molar-refractivity contribution in [2.24, 2.45) is 0 Å². The van der Waals surface area contributed by atoms with Gasteiger partial charge < -0.3 is 15.0 Å². The Balaban J connectivity index is 1.61. The molecule has 1 saturated carbocycles. The van der Waals surface area contributed by atoms with E-state index < -0.39 is 12.0 Å². The van der Waals surface area contributed by atoms with E-state index in [1.807, 2.05) is 19.1 Å². The molecule has 1 unspecified atom stereocenters. The highest BCUT2D eigenvalue weighted by Gasteiger charge is 2.35. The molecular formula is C21H27N3O4S. The highest BCUT2D eigenvalue weighted by Crippen LogP contribution is 2.21. The minimum absolute atomic E-state index is 0.0652. The maximum Gasteiger partial charge on any atom is 0.308 e. The van der Waals surface area contributed by atoms with E-state index in [0.717, 1.165) is 31.2 Å². The molecule has 1 aliphatic carbocycles. The van der Waals surface area contributed by atoms with Gasteiger partial charge in [0.2, 0.25) is 5.91 Å². The van der Waals surface area contributed by atoms with E-state index in [0.29, 0.717) is 18.7 Å². The van der Waals surface area contributed by atoms with Crippen LogP contribution in [0.15, 0.2) is 24.3 Å². The van der Waals surface area contributed by atoms with Crippen LogP contribution in [-0.2, 0) is 14.3 Å². The molecule has 2 N–H and O–H groups in total. The number of ether oxygens (including phenoxy) is 1. The van der Waals surface area contributed by atoms with Gasteiger partial charge in [-0.1, -0.05) is 24.1 Å². The molecule has 0 bridgehead atoms. The minimum Gasteiger partial charge on any atom is -0.462 e. The summed E-state index contributed by atoms with van der Waals surface area (Å²) in [6, 6.07) is 6.34. The summed E-state index contributed by atoms with van der Waals surface area (Å²) in [7, 11) is 0. The van der Waals surface area contributed by atoms with Crippen LogP contribution >= 0.6 is 12.2 Å². The van der Waals surface area contributed by atoms with Crippen LogP contribution in [0.5, 0.6) is 0 Å². The number of thiocarbonyl (C=S) groups is 1. The molecule has 8 heteroatoms. The highest BCUT2D eigenvalue weighted by atomic mass is 32.1. The van der Waals surface area contributed by atoms with E-state index in [-0.39, 0.29) is 29.5 Å². The Morgan fingerprint density at radius 1 is 1.21 bits per heavy atom. The largest absolute Gasteiger partial charge is 0.462 e. The number of nitrogens with zero attached hydrogens (tertiary/aromatic N) is 1. The summed E-state index contributed by atoms with van der Waals surface area (Å²) in [5, 5.41) is 5.57. The second-order valence-corrected chi connectivity index (χ2v) is 7.97. The first-order valence-corrected chi connectivity index (χ1v) is 10.5. The lowest BCUT2D eigenvalue weighted by atomic mass is 9.98. The quantitative estimate of drug-likeness (QED) is 0.576. The van der Waals surface area contributed by atoms with Gasteiger partial charge in [-0.15, -0.1) is 0 Å². The molecule has 0 spiro atoms. The first kappa shape index (κ1) is 21.2. The van der Waals surface area contributed by atoms with Crippen LogP contribution in [0.1, 0.15) is 54.4 Å². The van der Waals surface area contributed by atoms with E-state index in [4.69, 9.17) is 17.0 Å². The molecule has 1 aromatic carbocycles. The maximum atomic E-state index is 12.5. The lowest BCUT2D eigenvalue weighted by Crippen LogP contribution is -2.60. The third kappa shape index (κ3) is 5.76. The molecule has 29 heavy (non-hydrogen) atoms. The summed E-state index contributed by atoms with van der Waals surface area (Å²) in [6.45, 7) is 2.75. The first-order chi connectivity index (χ1) is 13.9. The molecule has 1 aliphatic heterocycles. The van der Waals surface area contributed by atoms with Crippen LogP contribution in [0.2, 0.25) is 0 Å². The highest BCUT2D eigenvalue weighted by molar-refractivity contribution is 7.80. The van der Waals surface area contributed by atoms with Gasteiger partial charge in [0.05, 0.1) is 6.42 Å². The molecule has 1 atom stereocenters. The van der Waals surface area contributed by atoms with E-state index in [9.17, 15) is 14.4 Å². The first-order valence-electron chi connectivity index (χ1n) is 10.1. The third-order valence-corrected chi connectivity index (χ3v) is 5.67. The van der Waals surface area contributed by atoms with Crippen LogP contribution in [-0.4, -0.2) is 53.0 Å². The number of hydrogen-bond donors (Lipinski definition) is 2. The SMILES string of the molecule is Cc1ccc(C(=O)NC(=S)N2CCNC(=O)C2CC(=O)OC2CCCCC2)cc1. The molecular weight excluding hydrogens is 390 g/mol. The van der Waals surface area contributed by atoms with Crippen molar-refractivity contribution in [1.82, 2.24) is 15.5 Å². The standard InChI is InChI=1S/C21H27N3O4S/c1-14-7-9-15(10-8-14)19(26)23-21(29)24-12-11-22-20(27)17(24)13-18(25)28-16-5-3-2-4-6-16/h7-10,16-17H,2-6,11-13H2,1H3,(H,22,27)(H,23,26,29). The Morgan fingerprint density at radius 3 is 2.59 bits per heavy atom. The molecule has 1 aromatic rings. The molecule has 1 heterocycles. The zero-order valence-electron chi connectivity index (χ0n) is 16.6. The van der Waals surface area contributed by atoms with Crippen LogP contribution in [0, 0.1) is 6.92 Å². The van der Waals surface area contributed by atoms with Crippen LogP contribution < -0.4 is 10.6 Å². The van der Waals surface area contributed by atoms with Crippen molar-refractivity contribution in [3.8, 4) is 0 Å². The number of amides is 2. The fourth-order valence-electron chi connectivity index (χ4n) is 3.68. The van der Waals surface area contributed by atoms with Gasteiger partial charge in [0.25, 0.3) is 5.91 Å². The summed E-state index contributed by atoms with van der Waals surface area (Å²) in [6.07, 6.45) is 4.87. The average molecular weight is 418 g/mol. The summed E-state index contributed by atoms with van der Waals surface area (Å²) < 4.78 is 5.56. The Morgan fingerprint density at radius 2 is 1.90 bits per heavy atom.